The van der Waals surface area contributed by atoms with Crippen LogP contribution < -0.4 is 19.6 Å². The molecule has 152 valence electrons. The lowest BCUT2D eigenvalue weighted by atomic mass is 10.2. The molecule has 0 radical (unpaired) electrons. The van der Waals surface area contributed by atoms with E-state index in [-0.39, 0.29) is 23.6 Å². The van der Waals surface area contributed by atoms with Crippen LogP contribution in [-0.4, -0.2) is 7.11 Å². The van der Waals surface area contributed by atoms with Crippen molar-refractivity contribution in [3.8, 4) is 23.0 Å². The summed E-state index contributed by atoms with van der Waals surface area (Å²) >= 11 is 0. The van der Waals surface area contributed by atoms with Gasteiger partial charge in [0.15, 0.2) is 11.5 Å². The van der Waals surface area contributed by atoms with Crippen LogP contribution in [0.25, 0.3) is 11.0 Å². The number of methoxy groups -OCH3 is 1. The van der Waals surface area contributed by atoms with Crippen molar-refractivity contribution in [3.05, 3.63) is 94.1 Å². The summed E-state index contributed by atoms with van der Waals surface area (Å²) in [4.78, 5) is 13.0. The molecular weight excluding hydrogens is 387 g/mol. The van der Waals surface area contributed by atoms with E-state index < -0.39 is 0 Å². The van der Waals surface area contributed by atoms with Crippen molar-refractivity contribution in [1.29, 1.82) is 0 Å². The molecule has 0 saturated heterocycles. The van der Waals surface area contributed by atoms with E-state index in [4.69, 9.17) is 18.6 Å². The minimum Gasteiger partial charge on any atom is -0.493 e. The standard InChI is InChI=1S/C24H19FO5/c1-15-24(30-21-10-6-5-9-20(21)27-2)23(26)18-12-11-17(13-22(18)29-15)28-14-16-7-3-4-8-19(16)25/h3-13H,14H2,1-2H3. The highest BCUT2D eigenvalue weighted by Gasteiger charge is 2.16. The molecule has 0 fully saturated rings. The van der Waals surface area contributed by atoms with Crippen molar-refractivity contribution in [2.24, 2.45) is 0 Å². The first-order valence-electron chi connectivity index (χ1n) is 9.31. The molecule has 0 amide bonds. The fraction of sp³-hybridized carbons (Fsp3) is 0.125. The second-order valence-corrected chi connectivity index (χ2v) is 6.61. The number of halogens is 1. The zero-order valence-electron chi connectivity index (χ0n) is 16.5. The highest BCUT2D eigenvalue weighted by atomic mass is 19.1. The molecular formula is C24H19FO5. The van der Waals surface area contributed by atoms with E-state index in [9.17, 15) is 9.18 Å². The first-order chi connectivity index (χ1) is 14.6. The second kappa shape index (κ2) is 8.29. The lowest BCUT2D eigenvalue weighted by molar-refractivity contribution is 0.299. The molecule has 0 bridgehead atoms. The van der Waals surface area contributed by atoms with Gasteiger partial charge in [0.2, 0.25) is 11.2 Å². The summed E-state index contributed by atoms with van der Waals surface area (Å²) in [6, 6.07) is 18.3. The molecule has 1 heterocycles. The largest absolute Gasteiger partial charge is 0.493 e. The minimum atomic E-state index is -0.334. The number of benzene rings is 3. The third kappa shape index (κ3) is 3.85. The Hall–Kier alpha value is -3.80. The summed E-state index contributed by atoms with van der Waals surface area (Å²) in [6.07, 6.45) is 0. The van der Waals surface area contributed by atoms with Crippen molar-refractivity contribution in [1.82, 2.24) is 0 Å². The van der Waals surface area contributed by atoms with Crippen LogP contribution in [0.3, 0.4) is 0 Å². The van der Waals surface area contributed by atoms with Gasteiger partial charge in [-0.1, -0.05) is 30.3 Å². The lowest BCUT2D eigenvalue weighted by Crippen LogP contribution is -2.08. The Morgan fingerprint density at radius 1 is 0.967 bits per heavy atom. The maximum absolute atomic E-state index is 13.8. The Labute approximate surface area is 172 Å². The molecule has 3 aromatic carbocycles. The maximum Gasteiger partial charge on any atom is 0.235 e. The molecule has 0 atom stereocenters. The first kappa shape index (κ1) is 19.5. The molecule has 0 aliphatic carbocycles. The van der Waals surface area contributed by atoms with Crippen molar-refractivity contribution in [2.75, 3.05) is 7.11 Å². The van der Waals surface area contributed by atoms with Crippen LogP contribution in [0, 0.1) is 12.7 Å². The van der Waals surface area contributed by atoms with Gasteiger partial charge in [-0.15, -0.1) is 0 Å². The zero-order valence-corrected chi connectivity index (χ0v) is 16.5. The third-order valence-corrected chi connectivity index (χ3v) is 4.62. The molecule has 0 aliphatic heterocycles. The summed E-state index contributed by atoms with van der Waals surface area (Å²) in [5.41, 5.74) is 0.493. The van der Waals surface area contributed by atoms with E-state index in [1.165, 1.54) is 13.2 Å². The molecule has 0 saturated carbocycles. The molecule has 4 aromatic rings. The van der Waals surface area contributed by atoms with Crippen LogP contribution >= 0.6 is 0 Å². The summed E-state index contributed by atoms with van der Waals surface area (Å²) in [5.74, 6) is 1.47. The van der Waals surface area contributed by atoms with Gasteiger partial charge < -0.3 is 18.6 Å². The van der Waals surface area contributed by atoms with Gasteiger partial charge in [0.05, 0.1) is 12.5 Å². The highest BCUT2D eigenvalue weighted by molar-refractivity contribution is 5.79. The minimum absolute atomic E-state index is 0.0659. The molecule has 4 rings (SSSR count). The molecule has 5 nitrogen and oxygen atoms in total. The van der Waals surface area contributed by atoms with E-state index in [1.54, 1.807) is 61.5 Å². The van der Waals surface area contributed by atoms with E-state index in [0.29, 0.717) is 39.5 Å². The zero-order chi connectivity index (χ0) is 21.1. The smallest absolute Gasteiger partial charge is 0.235 e. The van der Waals surface area contributed by atoms with Crippen LogP contribution in [0.4, 0.5) is 4.39 Å². The van der Waals surface area contributed by atoms with Crippen LogP contribution in [-0.2, 0) is 6.61 Å². The van der Waals surface area contributed by atoms with Crippen molar-refractivity contribution in [3.63, 3.8) is 0 Å². The molecule has 0 spiro atoms. The SMILES string of the molecule is COc1ccccc1Oc1c(C)oc2cc(OCc3ccccc3F)ccc2c1=O. The van der Waals surface area contributed by atoms with Gasteiger partial charge in [0.25, 0.3) is 0 Å². The van der Waals surface area contributed by atoms with Crippen LogP contribution in [0.1, 0.15) is 11.3 Å². The Bertz CT molecular complexity index is 1260. The predicted molar refractivity (Wildman–Crippen MR) is 111 cm³/mol. The quantitative estimate of drug-likeness (QED) is 0.416. The summed E-state index contributed by atoms with van der Waals surface area (Å²) < 4.78 is 36.3. The van der Waals surface area contributed by atoms with Gasteiger partial charge in [-0.25, -0.2) is 4.39 Å². The fourth-order valence-corrected chi connectivity index (χ4v) is 3.07. The van der Waals surface area contributed by atoms with E-state index in [1.807, 2.05) is 6.07 Å². The fourth-order valence-electron chi connectivity index (χ4n) is 3.07. The lowest BCUT2D eigenvalue weighted by Gasteiger charge is -2.12. The summed E-state index contributed by atoms with van der Waals surface area (Å²) in [6.45, 7) is 1.72. The number of aryl methyl sites for hydroxylation is 1. The Morgan fingerprint density at radius 2 is 1.70 bits per heavy atom. The second-order valence-electron chi connectivity index (χ2n) is 6.61. The van der Waals surface area contributed by atoms with Gasteiger partial charge in [0, 0.05) is 11.6 Å². The number of hydrogen-bond donors (Lipinski definition) is 0. The van der Waals surface area contributed by atoms with Gasteiger partial charge in [-0.3, -0.25) is 4.79 Å². The Balaban J connectivity index is 1.64. The number of para-hydroxylation sites is 2. The Morgan fingerprint density at radius 3 is 2.47 bits per heavy atom. The number of rotatable bonds is 6. The van der Waals surface area contributed by atoms with Gasteiger partial charge >= 0.3 is 0 Å². The van der Waals surface area contributed by atoms with Crippen LogP contribution in [0.2, 0.25) is 0 Å². The topological polar surface area (TPSA) is 57.9 Å². The average molecular weight is 406 g/mol. The maximum atomic E-state index is 13.8. The molecule has 6 heteroatoms. The summed E-state index contributed by atoms with van der Waals surface area (Å²) in [5, 5.41) is 0.351. The van der Waals surface area contributed by atoms with Crippen LogP contribution in [0.5, 0.6) is 23.0 Å². The normalized spacial score (nSPS) is 10.8. The predicted octanol–water partition coefficient (Wildman–Crippen LogP) is 5.62. The molecule has 1 aromatic heterocycles. The van der Waals surface area contributed by atoms with E-state index in [2.05, 4.69) is 0 Å². The monoisotopic (exact) mass is 406 g/mol. The molecule has 0 N–H and O–H groups in total. The average Bonchev–Trinajstić information content (AvgIpc) is 2.76. The van der Waals surface area contributed by atoms with E-state index >= 15 is 0 Å². The molecule has 0 aliphatic rings. The Kier molecular flexibility index (Phi) is 5.39. The van der Waals surface area contributed by atoms with Crippen molar-refractivity contribution < 1.29 is 23.0 Å². The first-order valence-corrected chi connectivity index (χ1v) is 9.31. The molecule has 30 heavy (non-hydrogen) atoms. The van der Waals surface area contributed by atoms with Gasteiger partial charge in [0.1, 0.15) is 29.5 Å². The molecule has 0 unspecified atom stereocenters. The summed E-state index contributed by atoms with van der Waals surface area (Å²) in [7, 11) is 1.53. The van der Waals surface area contributed by atoms with Crippen molar-refractivity contribution in [2.45, 2.75) is 13.5 Å². The number of hydrogen-bond acceptors (Lipinski definition) is 5. The number of fused-ring (bicyclic) bond motifs is 1. The van der Waals surface area contributed by atoms with Crippen molar-refractivity contribution >= 4 is 11.0 Å². The van der Waals surface area contributed by atoms with Gasteiger partial charge in [-0.05, 0) is 37.3 Å². The van der Waals surface area contributed by atoms with Gasteiger partial charge in [-0.2, -0.15) is 0 Å². The van der Waals surface area contributed by atoms with Crippen LogP contribution in [0.15, 0.2) is 75.9 Å². The number of ether oxygens (including phenoxy) is 3. The third-order valence-electron chi connectivity index (χ3n) is 4.62. The highest BCUT2D eigenvalue weighted by Crippen LogP contribution is 2.32. The van der Waals surface area contributed by atoms with E-state index in [0.717, 1.165) is 0 Å².